The molecule has 0 aromatic carbocycles. The number of alkyl carbamates (subject to hydrolysis) is 1. The molecule has 0 spiro atoms. The summed E-state index contributed by atoms with van der Waals surface area (Å²) in [7, 11) is 0. The molecule has 5 nitrogen and oxygen atoms in total. The van der Waals surface area contributed by atoms with Gasteiger partial charge in [0.1, 0.15) is 5.60 Å². The number of rotatable bonds is 3. The van der Waals surface area contributed by atoms with Crippen LogP contribution in [0, 0.1) is 5.41 Å². The lowest BCUT2D eigenvalue weighted by Crippen LogP contribution is -2.51. The van der Waals surface area contributed by atoms with Crippen molar-refractivity contribution in [3.05, 3.63) is 0 Å². The summed E-state index contributed by atoms with van der Waals surface area (Å²) in [6.07, 6.45) is 4.30. The van der Waals surface area contributed by atoms with Crippen LogP contribution in [0.25, 0.3) is 0 Å². The summed E-state index contributed by atoms with van der Waals surface area (Å²) in [4.78, 5) is 24.2. The average Bonchev–Trinajstić information content (AvgIpc) is 2.59. The van der Waals surface area contributed by atoms with Gasteiger partial charge in [-0.2, -0.15) is 0 Å². The second-order valence-electron chi connectivity index (χ2n) is 7.26. The predicted octanol–water partition coefficient (Wildman–Crippen LogP) is 3.34. The maximum atomic E-state index is 12.2. The number of hydrogen-bond donors (Lipinski definition) is 1. The molecule has 2 unspecified atom stereocenters. The molecule has 2 aliphatic carbocycles. The third kappa shape index (κ3) is 3.62. The SMILES string of the molecule is CC(C)(C)OC(=O)NC12CCCC(C(=O)OCCl)(CC1)C2. The highest BCUT2D eigenvalue weighted by atomic mass is 35.5. The van der Waals surface area contributed by atoms with Crippen molar-refractivity contribution in [2.45, 2.75) is 70.4 Å². The van der Waals surface area contributed by atoms with E-state index >= 15 is 0 Å². The van der Waals surface area contributed by atoms with Crippen molar-refractivity contribution in [1.82, 2.24) is 5.32 Å². The Balaban J connectivity index is 2.04. The van der Waals surface area contributed by atoms with Gasteiger partial charge in [0.05, 0.1) is 5.41 Å². The standard InChI is InChI=1S/C15H24ClNO4/c1-13(2,3)21-12(19)17-15-6-4-5-14(9-15,7-8-15)11(18)20-10-16/h4-10H2,1-3H3,(H,17,19). The minimum atomic E-state index is -0.525. The highest BCUT2D eigenvalue weighted by molar-refractivity contribution is 6.17. The zero-order valence-electron chi connectivity index (χ0n) is 13.0. The summed E-state index contributed by atoms with van der Waals surface area (Å²) >= 11 is 5.51. The molecule has 2 atom stereocenters. The minimum absolute atomic E-state index is 0.118. The zero-order chi connectivity index (χ0) is 15.7. The van der Waals surface area contributed by atoms with E-state index in [2.05, 4.69) is 5.32 Å². The molecule has 1 N–H and O–H groups in total. The summed E-state index contributed by atoms with van der Waals surface area (Å²) in [5.41, 5.74) is -1.35. The lowest BCUT2D eigenvalue weighted by molar-refractivity contribution is -0.155. The fourth-order valence-corrected chi connectivity index (χ4v) is 3.76. The van der Waals surface area contributed by atoms with Crippen LogP contribution in [0.5, 0.6) is 0 Å². The van der Waals surface area contributed by atoms with Gasteiger partial charge in [-0.05, 0) is 59.3 Å². The Morgan fingerprint density at radius 3 is 2.52 bits per heavy atom. The summed E-state index contributed by atoms with van der Waals surface area (Å²) in [6, 6.07) is -0.118. The second-order valence-corrected chi connectivity index (χ2v) is 7.48. The maximum Gasteiger partial charge on any atom is 0.408 e. The topological polar surface area (TPSA) is 64.6 Å². The lowest BCUT2D eigenvalue weighted by atomic mass is 9.73. The molecule has 0 radical (unpaired) electrons. The van der Waals surface area contributed by atoms with E-state index in [1.54, 1.807) is 0 Å². The van der Waals surface area contributed by atoms with Crippen LogP contribution in [0.1, 0.15) is 59.3 Å². The van der Waals surface area contributed by atoms with Crippen molar-refractivity contribution in [1.29, 1.82) is 0 Å². The number of hydrogen-bond acceptors (Lipinski definition) is 4. The molecule has 21 heavy (non-hydrogen) atoms. The van der Waals surface area contributed by atoms with E-state index in [-0.39, 0.29) is 17.6 Å². The van der Waals surface area contributed by atoms with E-state index in [4.69, 9.17) is 21.1 Å². The Hall–Kier alpha value is -0.970. The van der Waals surface area contributed by atoms with Crippen LogP contribution < -0.4 is 5.32 Å². The highest BCUT2D eigenvalue weighted by Crippen LogP contribution is 2.54. The highest BCUT2D eigenvalue weighted by Gasteiger charge is 2.56. The number of esters is 1. The summed E-state index contributed by atoms with van der Waals surface area (Å²) in [6.45, 7) is 5.51. The van der Waals surface area contributed by atoms with Gasteiger partial charge in [-0.15, -0.1) is 0 Å². The normalized spacial score (nSPS) is 31.6. The van der Waals surface area contributed by atoms with Gasteiger partial charge < -0.3 is 14.8 Å². The Kier molecular flexibility index (Phi) is 4.43. The number of nitrogens with one attached hydrogen (secondary N) is 1. The third-order valence-electron chi connectivity index (χ3n) is 4.45. The van der Waals surface area contributed by atoms with E-state index in [1.165, 1.54) is 0 Å². The minimum Gasteiger partial charge on any atom is -0.449 e. The molecule has 2 bridgehead atoms. The molecule has 120 valence electrons. The first-order chi connectivity index (χ1) is 9.70. The van der Waals surface area contributed by atoms with Crippen molar-refractivity contribution < 1.29 is 19.1 Å². The van der Waals surface area contributed by atoms with Crippen LogP contribution in [0.3, 0.4) is 0 Å². The molecular formula is C15H24ClNO4. The van der Waals surface area contributed by atoms with Crippen molar-refractivity contribution in [2.24, 2.45) is 5.41 Å². The van der Waals surface area contributed by atoms with Gasteiger partial charge >= 0.3 is 12.1 Å². The van der Waals surface area contributed by atoms with E-state index in [9.17, 15) is 9.59 Å². The quantitative estimate of drug-likeness (QED) is 0.640. The second kappa shape index (κ2) is 5.67. The molecule has 2 saturated carbocycles. The monoisotopic (exact) mass is 317 g/mol. The smallest absolute Gasteiger partial charge is 0.408 e. The fourth-order valence-electron chi connectivity index (χ4n) is 3.66. The molecule has 1 amide bonds. The number of carbonyl (C=O) groups is 2. The van der Waals surface area contributed by atoms with Gasteiger partial charge in [-0.1, -0.05) is 11.6 Å². The number of fused-ring (bicyclic) bond motifs is 2. The third-order valence-corrected chi connectivity index (χ3v) is 4.56. The summed E-state index contributed by atoms with van der Waals surface area (Å²) in [5, 5.41) is 3.00. The number of amides is 1. The number of alkyl halides is 1. The number of ether oxygens (including phenoxy) is 2. The maximum absolute atomic E-state index is 12.2. The van der Waals surface area contributed by atoms with Crippen LogP contribution >= 0.6 is 11.6 Å². The van der Waals surface area contributed by atoms with E-state index < -0.39 is 17.1 Å². The largest absolute Gasteiger partial charge is 0.449 e. The van der Waals surface area contributed by atoms with Crippen molar-refractivity contribution >= 4 is 23.7 Å². The zero-order valence-corrected chi connectivity index (χ0v) is 13.7. The Morgan fingerprint density at radius 2 is 1.90 bits per heavy atom. The molecule has 2 fully saturated rings. The average molecular weight is 318 g/mol. The molecule has 2 aliphatic rings. The Bertz CT molecular complexity index is 434. The molecule has 0 saturated heterocycles. The summed E-state index contributed by atoms with van der Waals surface area (Å²) < 4.78 is 10.4. The molecule has 0 heterocycles. The van der Waals surface area contributed by atoms with Gasteiger partial charge in [-0.3, -0.25) is 4.79 Å². The number of halogens is 1. The molecule has 2 rings (SSSR count). The lowest BCUT2D eigenvalue weighted by Gasteiger charge is -2.38. The fraction of sp³-hybridized carbons (Fsp3) is 0.867. The first-order valence-corrected chi connectivity index (χ1v) is 7.98. The van der Waals surface area contributed by atoms with Crippen LogP contribution in [-0.2, 0) is 14.3 Å². The van der Waals surface area contributed by atoms with E-state index in [0.29, 0.717) is 6.42 Å². The van der Waals surface area contributed by atoms with E-state index in [0.717, 1.165) is 32.1 Å². The van der Waals surface area contributed by atoms with Gasteiger partial charge in [-0.25, -0.2) is 4.79 Å². The van der Waals surface area contributed by atoms with Crippen molar-refractivity contribution in [3.63, 3.8) is 0 Å². The van der Waals surface area contributed by atoms with Crippen LogP contribution in [0.15, 0.2) is 0 Å². The predicted molar refractivity (Wildman–Crippen MR) is 79.0 cm³/mol. The van der Waals surface area contributed by atoms with Crippen molar-refractivity contribution in [2.75, 3.05) is 6.07 Å². The van der Waals surface area contributed by atoms with Crippen LogP contribution in [0.4, 0.5) is 4.79 Å². The van der Waals surface area contributed by atoms with Gasteiger partial charge in [0.25, 0.3) is 0 Å². The molecule has 0 aromatic heterocycles. The molecule has 0 aromatic rings. The summed E-state index contributed by atoms with van der Waals surface area (Å²) in [5.74, 6) is -0.231. The van der Waals surface area contributed by atoms with Gasteiger partial charge in [0.15, 0.2) is 6.07 Å². The Morgan fingerprint density at radius 1 is 1.19 bits per heavy atom. The molecular weight excluding hydrogens is 294 g/mol. The van der Waals surface area contributed by atoms with Crippen LogP contribution in [-0.4, -0.2) is 29.3 Å². The van der Waals surface area contributed by atoms with Crippen LogP contribution in [0.2, 0.25) is 0 Å². The van der Waals surface area contributed by atoms with Gasteiger partial charge in [0, 0.05) is 5.54 Å². The van der Waals surface area contributed by atoms with Crippen molar-refractivity contribution in [3.8, 4) is 0 Å². The number of carbonyl (C=O) groups excluding carboxylic acids is 2. The molecule has 0 aliphatic heterocycles. The van der Waals surface area contributed by atoms with E-state index in [1.807, 2.05) is 20.8 Å². The Labute approximate surface area is 130 Å². The first kappa shape index (κ1) is 16.4. The first-order valence-electron chi connectivity index (χ1n) is 7.45. The van der Waals surface area contributed by atoms with Gasteiger partial charge in [0.2, 0.25) is 0 Å². The molecule has 6 heteroatoms.